The highest BCUT2D eigenvalue weighted by atomic mass is 31.2. The van der Waals surface area contributed by atoms with Crippen molar-refractivity contribution in [3.05, 3.63) is 35.4 Å². The lowest BCUT2D eigenvalue weighted by Crippen LogP contribution is -1.97. The van der Waals surface area contributed by atoms with Gasteiger partial charge in [-0.25, -0.2) is 0 Å². The Morgan fingerprint density at radius 1 is 1.21 bits per heavy atom. The summed E-state index contributed by atoms with van der Waals surface area (Å²) in [6.45, 7) is 7.93. The summed E-state index contributed by atoms with van der Waals surface area (Å²) >= 11 is 0. The van der Waals surface area contributed by atoms with Crippen LogP contribution in [-0.2, 0) is 4.57 Å². The minimum Gasteiger partial charge on any atom is -0.323 e. The predicted octanol–water partition coefficient (Wildman–Crippen LogP) is 4.07. The molecule has 0 saturated heterocycles. The lowest BCUT2D eigenvalue weighted by atomic mass is 10.1. The normalized spacial score (nSPS) is 14.0. The molecule has 0 spiro atoms. The van der Waals surface area contributed by atoms with Crippen LogP contribution in [0.2, 0.25) is 0 Å². The van der Waals surface area contributed by atoms with E-state index in [4.69, 9.17) is 0 Å². The highest BCUT2D eigenvalue weighted by molar-refractivity contribution is 7.62. The summed E-state index contributed by atoms with van der Waals surface area (Å²) in [5.74, 6) is 0. The molecule has 1 nitrogen and oxygen atoms in total. The summed E-state index contributed by atoms with van der Waals surface area (Å²) in [6.07, 6.45) is 0.952. The topological polar surface area (TPSA) is 17.1 Å². The van der Waals surface area contributed by atoms with Crippen LogP contribution in [0.4, 0.5) is 0 Å². The second-order valence-electron chi connectivity index (χ2n) is 4.27. The van der Waals surface area contributed by atoms with Crippen LogP contribution in [0.25, 0.3) is 0 Å². The van der Waals surface area contributed by atoms with Gasteiger partial charge in [0.25, 0.3) is 0 Å². The fraction of sp³-hybridized carbons (Fsp3) is 0.500. The van der Waals surface area contributed by atoms with Gasteiger partial charge in [0.2, 0.25) is 0 Å². The van der Waals surface area contributed by atoms with Gasteiger partial charge >= 0.3 is 0 Å². The molecule has 2 heteroatoms. The van der Waals surface area contributed by atoms with Gasteiger partial charge in [0, 0.05) is 5.66 Å². The quantitative estimate of drug-likeness (QED) is 0.687. The molecule has 78 valence electrons. The first kappa shape index (κ1) is 11.5. The summed E-state index contributed by atoms with van der Waals surface area (Å²) in [6, 6.07) is 8.38. The van der Waals surface area contributed by atoms with Crippen molar-refractivity contribution in [2.45, 2.75) is 25.9 Å². The molecule has 0 N–H and O–H groups in total. The van der Waals surface area contributed by atoms with Crippen molar-refractivity contribution in [2.75, 3.05) is 13.3 Å². The standard InChI is InChI=1S/C12H19OP/c1-5-12(14(3,4)13)11-8-6-10(2)7-9-11/h6-9,12H,5H2,1-4H3. The third-order valence-corrected chi connectivity index (χ3v) is 4.76. The SMILES string of the molecule is CCC(c1ccc(C)cc1)P(C)(C)=O. The van der Waals surface area contributed by atoms with Crippen LogP contribution in [0.1, 0.15) is 30.1 Å². The molecule has 0 aliphatic rings. The van der Waals surface area contributed by atoms with E-state index in [-0.39, 0.29) is 5.66 Å². The maximum atomic E-state index is 12.0. The molecule has 0 aromatic heterocycles. The Morgan fingerprint density at radius 3 is 2.07 bits per heavy atom. The van der Waals surface area contributed by atoms with Gasteiger partial charge in [0.15, 0.2) is 0 Å². The van der Waals surface area contributed by atoms with Crippen molar-refractivity contribution in [1.82, 2.24) is 0 Å². The average molecular weight is 210 g/mol. The summed E-state index contributed by atoms with van der Waals surface area (Å²) in [5.41, 5.74) is 2.69. The van der Waals surface area contributed by atoms with Crippen molar-refractivity contribution < 1.29 is 4.57 Å². The van der Waals surface area contributed by atoms with Crippen molar-refractivity contribution in [1.29, 1.82) is 0 Å². The number of benzene rings is 1. The van der Waals surface area contributed by atoms with Crippen LogP contribution in [0, 0.1) is 6.92 Å². The molecule has 1 rings (SSSR count). The molecule has 0 saturated carbocycles. The van der Waals surface area contributed by atoms with Crippen LogP contribution in [0.3, 0.4) is 0 Å². The Balaban J connectivity index is 3.02. The highest BCUT2D eigenvalue weighted by Crippen LogP contribution is 2.54. The predicted molar refractivity (Wildman–Crippen MR) is 63.7 cm³/mol. The minimum absolute atomic E-state index is 0.225. The maximum Gasteiger partial charge on any atom is 0.0890 e. The zero-order valence-electron chi connectivity index (χ0n) is 9.45. The first-order valence-corrected chi connectivity index (χ1v) is 7.73. The van der Waals surface area contributed by atoms with Gasteiger partial charge in [-0.2, -0.15) is 0 Å². The maximum absolute atomic E-state index is 12.0. The largest absolute Gasteiger partial charge is 0.323 e. The molecule has 0 aliphatic carbocycles. The lowest BCUT2D eigenvalue weighted by Gasteiger charge is -2.20. The Hall–Kier alpha value is -0.550. The van der Waals surface area contributed by atoms with Crippen LogP contribution in [0.5, 0.6) is 0 Å². The first-order chi connectivity index (χ1) is 6.45. The summed E-state index contributed by atoms with van der Waals surface area (Å²) in [4.78, 5) is 0. The molecule has 0 bridgehead atoms. The van der Waals surface area contributed by atoms with Crippen molar-refractivity contribution in [2.24, 2.45) is 0 Å². The van der Waals surface area contributed by atoms with Crippen LogP contribution < -0.4 is 0 Å². The van der Waals surface area contributed by atoms with Gasteiger partial charge in [-0.15, -0.1) is 0 Å². The highest BCUT2D eigenvalue weighted by Gasteiger charge is 2.22. The zero-order chi connectivity index (χ0) is 10.8. The molecule has 0 fully saturated rings. The van der Waals surface area contributed by atoms with E-state index in [1.807, 2.05) is 13.3 Å². The van der Waals surface area contributed by atoms with E-state index in [2.05, 4.69) is 38.1 Å². The minimum atomic E-state index is -2.01. The van der Waals surface area contributed by atoms with E-state index in [0.29, 0.717) is 0 Å². The Kier molecular flexibility index (Phi) is 3.55. The monoisotopic (exact) mass is 210 g/mol. The zero-order valence-corrected chi connectivity index (χ0v) is 10.3. The van der Waals surface area contributed by atoms with Crippen LogP contribution in [-0.4, -0.2) is 13.3 Å². The first-order valence-electron chi connectivity index (χ1n) is 5.06. The molecule has 14 heavy (non-hydrogen) atoms. The van der Waals surface area contributed by atoms with E-state index in [9.17, 15) is 4.57 Å². The van der Waals surface area contributed by atoms with Crippen molar-refractivity contribution in [3.8, 4) is 0 Å². The molecule has 1 unspecified atom stereocenters. The molecule has 0 amide bonds. The fourth-order valence-corrected chi connectivity index (χ4v) is 3.59. The second kappa shape index (κ2) is 4.31. The number of hydrogen-bond donors (Lipinski definition) is 0. The number of rotatable bonds is 3. The molecule has 0 aliphatic heterocycles. The smallest absolute Gasteiger partial charge is 0.0890 e. The molecule has 1 atom stereocenters. The van der Waals surface area contributed by atoms with Crippen LogP contribution in [0.15, 0.2) is 24.3 Å². The van der Waals surface area contributed by atoms with E-state index >= 15 is 0 Å². The third kappa shape index (κ3) is 2.72. The lowest BCUT2D eigenvalue weighted by molar-refractivity contribution is 0.571. The molecular weight excluding hydrogens is 191 g/mol. The number of hydrogen-bond acceptors (Lipinski definition) is 1. The summed E-state index contributed by atoms with van der Waals surface area (Å²) in [7, 11) is -2.01. The van der Waals surface area contributed by atoms with E-state index < -0.39 is 7.14 Å². The van der Waals surface area contributed by atoms with Gasteiger partial charge in [-0.3, -0.25) is 0 Å². The van der Waals surface area contributed by atoms with Gasteiger partial charge in [0.05, 0.1) is 7.14 Å². The molecule has 0 radical (unpaired) electrons. The van der Waals surface area contributed by atoms with Crippen molar-refractivity contribution >= 4 is 7.14 Å². The molecule has 1 aromatic rings. The average Bonchev–Trinajstić information content (AvgIpc) is 2.07. The van der Waals surface area contributed by atoms with E-state index in [1.165, 1.54) is 11.1 Å². The number of aryl methyl sites for hydroxylation is 1. The molecule has 1 aromatic carbocycles. The molecular formula is C12H19OP. The third-order valence-electron chi connectivity index (χ3n) is 2.60. The van der Waals surface area contributed by atoms with Gasteiger partial charge < -0.3 is 4.57 Å². The Labute approximate surface area is 86.9 Å². The second-order valence-corrected chi connectivity index (χ2v) is 7.76. The fourth-order valence-electron chi connectivity index (χ4n) is 1.82. The van der Waals surface area contributed by atoms with Gasteiger partial charge in [0.1, 0.15) is 0 Å². The van der Waals surface area contributed by atoms with E-state index in [1.54, 1.807) is 0 Å². The van der Waals surface area contributed by atoms with Gasteiger partial charge in [-0.1, -0.05) is 36.8 Å². The summed E-state index contributed by atoms with van der Waals surface area (Å²) < 4.78 is 12.0. The summed E-state index contributed by atoms with van der Waals surface area (Å²) in [5, 5.41) is 0. The van der Waals surface area contributed by atoms with Crippen molar-refractivity contribution in [3.63, 3.8) is 0 Å². The van der Waals surface area contributed by atoms with Crippen LogP contribution >= 0.6 is 7.14 Å². The Morgan fingerprint density at radius 2 is 1.71 bits per heavy atom. The Bertz CT molecular complexity index is 334. The van der Waals surface area contributed by atoms with Gasteiger partial charge in [-0.05, 0) is 32.2 Å². The van der Waals surface area contributed by atoms with E-state index in [0.717, 1.165) is 6.42 Å². The molecule has 0 heterocycles.